The summed E-state index contributed by atoms with van der Waals surface area (Å²) in [5, 5.41) is 11.3. The summed E-state index contributed by atoms with van der Waals surface area (Å²) < 4.78 is 0. The van der Waals surface area contributed by atoms with Crippen molar-refractivity contribution in [1.82, 2.24) is 5.32 Å². The van der Waals surface area contributed by atoms with E-state index in [1.165, 1.54) is 0 Å². The smallest absolute Gasteiger partial charge is 0.326 e. The van der Waals surface area contributed by atoms with E-state index in [1.54, 1.807) is 19.1 Å². The lowest BCUT2D eigenvalue weighted by atomic mass is 10.1. The first-order valence-electron chi connectivity index (χ1n) is 5.89. The topological polar surface area (TPSA) is 92.4 Å². The van der Waals surface area contributed by atoms with Crippen molar-refractivity contribution >= 4 is 17.6 Å². The third kappa shape index (κ3) is 4.45. The maximum atomic E-state index is 11.6. The van der Waals surface area contributed by atoms with Crippen LogP contribution in [-0.4, -0.2) is 23.0 Å². The number of carboxylic acids is 1. The number of carboxylic acid groups (broad SMARTS) is 1. The van der Waals surface area contributed by atoms with Gasteiger partial charge in [-0.05, 0) is 30.5 Å². The van der Waals surface area contributed by atoms with Gasteiger partial charge in [-0.15, -0.1) is 0 Å². The third-order valence-electron chi connectivity index (χ3n) is 2.66. The molecule has 1 aromatic carbocycles. The Morgan fingerprint density at radius 2 is 1.94 bits per heavy atom. The largest absolute Gasteiger partial charge is 0.480 e. The lowest BCUT2D eigenvalue weighted by molar-refractivity contribution is -0.141. The molecule has 5 heteroatoms. The van der Waals surface area contributed by atoms with Crippen molar-refractivity contribution in [3.63, 3.8) is 0 Å². The van der Waals surface area contributed by atoms with E-state index in [1.807, 2.05) is 12.1 Å². The molecule has 0 fully saturated rings. The summed E-state index contributed by atoms with van der Waals surface area (Å²) >= 11 is 0. The molecular weight excluding hydrogens is 232 g/mol. The molecule has 1 atom stereocenters. The molecule has 0 radical (unpaired) electrons. The zero-order chi connectivity index (χ0) is 13.5. The number of carbonyl (C=O) groups is 2. The molecule has 98 valence electrons. The number of nitrogens with two attached hydrogens (primary N) is 1. The molecule has 0 bridgehead atoms. The molecule has 0 heterocycles. The summed E-state index contributed by atoms with van der Waals surface area (Å²) in [6.07, 6.45) is 1.22. The number of hydrogen-bond acceptors (Lipinski definition) is 3. The Balaban J connectivity index is 2.41. The molecule has 5 nitrogen and oxygen atoms in total. The molecule has 4 N–H and O–H groups in total. The van der Waals surface area contributed by atoms with Crippen LogP contribution in [0.25, 0.3) is 0 Å². The highest BCUT2D eigenvalue weighted by Gasteiger charge is 2.16. The fourth-order valence-corrected chi connectivity index (χ4v) is 1.55. The number of benzene rings is 1. The van der Waals surface area contributed by atoms with Crippen molar-refractivity contribution in [2.75, 3.05) is 5.73 Å². The van der Waals surface area contributed by atoms with Crippen molar-refractivity contribution in [3.8, 4) is 0 Å². The van der Waals surface area contributed by atoms with E-state index in [0.717, 1.165) is 5.56 Å². The van der Waals surface area contributed by atoms with Gasteiger partial charge in [0.25, 0.3) is 0 Å². The third-order valence-corrected chi connectivity index (χ3v) is 2.66. The van der Waals surface area contributed by atoms with Gasteiger partial charge in [0.2, 0.25) is 5.91 Å². The first kappa shape index (κ1) is 14.0. The molecular formula is C13H18N2O3. The minimum atomic E-state index is -1.00. The second-order valence-electron chi connectivity index (χ2n) is 4.11. The molecule has 0 saturated heterocycles. The Kier molecular flexibility index (Phi) is 5.17. The Morgan fingerprint density at radius 1 is 1.33 bits per heavy atom. The predicted molar refractivity (Wildman–Crippen MR) is 69.0 cm³/mol. The first-order chi connectivity index (χ1) is 8.52. The van der Waals surface area contributed by atoms with Crippen LogP contribution in [0.1, 0.15) is 25.3 Å². The van der Waals surface area contributed by atoms with Crippen LogP contribution in [0.15, 0.2) is 24.3 Å². The molecule has 0 saturated carbocycles. The van der Waals surface area contributed by atoms with Crippen LogP contribution in [0.4, 0.5) is 5.69 Å². The number of nitrogens with one attached hydrogen (secondary N) is 1. The highest BCUT2D eigenvalue weighted by molar-refractivity contribution is 5.83. The SMILES string of the molecule is CC[C@@H](NC(=O)CCc1ccc(N)cc1)C(=O)O. The number of amides is 1. The monoisotopic (exact) mass is 250 g/mol. The number of hydrogen-bond donors (Lipinski definition) is 3. The highest BCUT2D eigenvalue weighted by Crippen LogP contribution is 2.07. The van der Waals surface area contributed by atoms with Gasteiger partial charge in [-0.2, -0.15) is 0 Å². The molecule has 1 rings (SSSR count). The van der Waals surface area contributed by atoms with Gasteiger partial charge >= 0.3 is 5.97 Å². The van der Waals surface area contributed by atoms with Crippen LogP contribution in [0.3, 0.4) is 0 Å². The highest BCUT2D eigenvalue weighted by atomic mass is 16.4. The van der Waals surface area contributed by atoms with E-state index in [-0.39, 0.29) is 12.3 Å². The molecule has 1 amide bonds. The number of anilines is 1. The van der Waals surface area contributed by atoms with Gasteiger partial charge < -0.3 is 16.2 Å². The fraction of sp³-hybridized carbons (Fsp3) is 0.385. The normalized spacial score (nSPS) is 11.8. The molecule has 1 aromatic rings. The lowest BCUT2D eigenvalue weighted by Gasteiger charge is -2.12. The summed E-state index contributed by atoms with van der Waals surface area (Å²) in [6, 6.07) is 6.47. The zero-order valence-electron chi connectivity index (χ0n) is 10.3. The maximum absolute atomic E-state index is 11.6. The Morgan fingerprint density at radius 3 is 2.44 bits per heavy atom. The van der Waals surface area contributed by atoms with Gasteiger partial charge in [0, 0.05) is 12.1 Å². The van der Waals surface area contributed by atoms with E-state index in [0.29, 0.717) is 18.5 Å². The average molecular weight is 250 g/mol. The summed E-state index contributed by atoms with van der Waals surface area (Å²) in [4.78, 5) is 22.3. The van der Waals surface area contributed by atoms with Gasteiger partial charge in [0.1, 0.15) is 6.04 Å². The first-order valence-corrected chi connectivity index (χ1v) is 5.89. The van der Waals surface area contributed by atoms with Crippen LogP contribution in [-0.2, 0) is 16.0 Å². The Hall–Kier alpha value is -2.04. The van der Waals surface area contributed by atoms with Crippen molar-refractivity contribution in [2.45, 2.75) is 32.2 Å². The fourth-order valence-electron chi connectivity index (χ4n) is 1.55. The summed E-state index contributed by atoms with van der Waals surface area (Å²) in [7, 11) is 0. The summed E-state index contributed by atoms with van der Waals surface area (Å²) in [6.45, 7) is 1.72. The molecule has 0 aliphatic rings. The van der Waals surface area contributed by atoms with Crippen molar-refractivity contribution in [3.05, 3.63) is 29.8 Å². The van der Waals surface area contributed by atoms with Crippen LogP contribution >= 0.6 is 0 Å². The minimum absolute atomic E-state index is 0.249. The average Bonchev–Trinajstić information content (AvgIpc) is 2.35. The molecule has 0 unspecified atom stereocenters. The van der Waals surface area contributed by atoms with Gasteiger partial charge in [-0.25, -0.2) is 4.79 Å². The van der Waals surface area contributed by atoms with Crippen molar-refractivity contribution in [1.29, 1.82) is 0 Å². The van der Waals surface area contributed by atoms with E-state index >= 15 is 0 Å². The van der Waals surface area contributed by atoms with E-state index in [9.17, 15) is 9.59 Å². The van der Waals surface area contributed by atoms with Gasteiger partial charge in [-0.3, -0.25) is 4.79 Å². The van der Waals surface area contributed by atoms with E-state index in [2.05, 4.69) is 5.32 Å². The number of carbonyl (C=O) groups excluding carboxylic acids is 1. The summed E-state index contributed by atoms with van der Waals surface area (Å²) in [5.74, 6) is -1.25. The van der Waals surface area contributed by atoms with Crippen molar-refractivity contribution in [2.24, 2.45) is 0 Å². The Bertz CT molecular complexity index is 415. The predicted octanol–water partition coefficient (Wildman–Crippen LogP) is 1.18. The number of nitrogen functional groups attached to an aromatic ring is 1. The molecule has 0 aliphatic carbocycles. The molecule has 0 aromatic heterocycles. The van der Waals surface area contributed by atoms with Crippen LogP contribution in [0, 0.1) is 0 Å². The second-order valence-corrected chi connectivity index (χ2v) is 4.11. The molecule has 0 spiro atoms. The van der Waals surface area contributed by atoms with Crippen molar-refractivity contribution < 1.29 is 14.7 Å². The standard InChI is InChI=1S/C13H18N2O3/c1-2-11(13(17)18)15-12(16)8-5-9-3-6-10(14)7-4-9/h3-4,6-7,11H,2,5,8,14H2,1H3,(H,15,16)(H,17,18)/t11-/m1/s1. The lowest BCUT2D eigenvalue weighted by Crippen LogP contribution is -2.40. The maximum Gasteiger partial charge on any atom is 0.326 e. The minimum Gasteiger partial charge on any atom is -0.480 e. The Labute approximate surface area is 106 Å². The number of aliphatic carboxylic acids is 1. The van der Waals surface area contributed by atoms with E-state index < -0.39 is 12.0 Å². The molecule has 0 aliphatic heterocycles. The van der Waals surface area contributed by atoms with Gasteiger partial charge in [0.05, 0.1) is 0 Å². The number of aryl methyl sites for hydroxylation is 1. The van der Waals surface area contributed by atoms with Crippen LogP contribution in [0.5, 0.6) is 0 Å². The number of rotatable bonds is 6. The van der Waals surface area contributed by atoms with Crippen LogP contribution in [0.2, 0.25) is 0 Å². The zero-order valence-corrected chi connectivity index (χ0v) is 10.3. The van der Waals surface area contributed by atoms with Crippen LogP contribution < -0.4 is 11.1 Å². The second kappa shape index (κ2) is 6.64. The molecule has 18 heavy (non-hydrogen) atoms. The van der Waals surface area contributed by atoms with Gasteiger partial charge in [-0.1, -0.05) is 19.1 Å². The van der Waals surface area contributed by atoms with Gasteiger partial charge in [0.15, 0.2) is 0 Å². The summed E-state index contributed by atoms with van der Waals surface area (Å²) in [5.41, 5.74) is 7.24. The quantitative estimate of drug-likeness (QED) is 0.661. The van der Waals surface area contributed by atoms with E-state index in [4.69, 9.17) is 10.8 Å².